The first-order chi connectivity index (χ1) is 9.46. The maximum Gasteiger partial charge on any atom is 0.389 e. The molecule has 110 valence electrons. The lowest BCUT2D eigenvalue weighted by molar-refractivity contribution is -0.136. The van der Waals surface area contributed by atoms with Crippen molar-refractivity contribution >= 4 is 0 Å². The summed E-state index contributed by atoms with van der Waals surface area (Å²) >= 11 is 0. The minimum atomic E-state index is -4.18. The molecule has 3 nitrogen and oxygen atoms in total. The van der Waals surface area contributed by atoms with Gasteiger partial charge in [-0.25, -0.2) is 0 Å². The Kier molecular flexibility index (Phi) is 6.19. The van der Waals surface area contributed by atoms with Crippen molar-refractivity contribution in [2.45, 2.75) is 19.0 Å². The van der Waals surface area contributed by atoms with Gasteiger partial charge in [-0.1, -0.05) is 11.8 Å². The van der Waals surface area contributed by atoms with E-state index in [1.54, 1.807) is 18.2 Å². The number of alkyl halides is 3. The number of rotatable bonds is 5. The average Bonchev–Trinajstić information content (AvgIpc) is 2.40. The Hall–Kier alpha value is -1.87. The maximum absolute atomic E-state index is 12.0. The minimum Gasteiger partial charge on any atom is -0.497 e. The van der Waals surface area contributed by atoms with Crippen LogP contribution in [0.5, 0.6) is 11.5 Å². The molecule has 0 amide bonds. The number of hydrogen-bond acceptors (Lipinski definition) is 3. The lowest BCUT2D eigenvalue weighted by Crippen LogP contribution is -2.10. The number of methoxy groups -OCH3 is 1. The van der Waals surface area contributed by atoms with Gasteiger partial charge in [-0.15, -0.1) is 0 Å². The smallest absolute Gasteiger partial charge is 0.389 e. The first-order valence-electron chi connectivity index (χ1n) is 5.93. The Morgan fingerprint density at radius 2 is 2.05 bits per heavy atom. The fraction of sp³-hybridized carbons (Fsp3) is 0.429. The number of aliphatic hydroxyl groups is 1. The quantitative estimate of drug-likeness (QED) is 0.669. The topological polar surface area (TPSA) is 38.7 Å². The van der Waals surface area contributed by atoms with Crippen LogP contribution in [0.3, 0.4) is 0 Å². The van der Waals surface area contributed by atoms with Gasteiger partial charge in [0.25, 0.3) is 0 Å². The van der Waals surface area contributed by atoms with Gasteiger partial charge in [-0.2, -0.15) is 13.2 Å². The monoisotopic (exact) mass is 288 g/mol. The van der Waals surface area contributed by atoms with Gasteiger partial charge in [0.2, 0.25) is 0 Å². The predicted octanol–water partition coefficient (Wildman–Crippen LogP) is 2.76. The Labute approximate surface area is 115 Å². The number of aliphatic hydroxyl groups excluding tert-OH is 1. The van der Waals surface area contributed by atoms with Crippen LogP contribution in [-0.2, 0) is 0 Å². The molecule has 0 aliphatic heterocycles. The van der Waals surface area contributed by atoms with E-state index >= 15 is 0 Å². The first kappa shape index (κ1) is 16.2. The van der Waals surface area contributed by atoms with Gasteiger partial charge in [0.15, 0.2) is 0 Å². The zero-order valence-electron chi connectivity index (χ0n) is 11.0. The molecule has 0 fully saturated rings. The van der Waals surface area contributed by atoms with E-state index in [-0.39, 0.29) is 19.6 Å². The van der Waals surface area contributed by atoms with Gasteiger partial charge >= 0.3 is 6.18 Å². The Bertz CT molecular complexity index is 487. The van der Waals surface area contributed by atoms with Crippen LogP contribution in [0.25, 0.3) is 0 Å². The molecule has 0 bridgehead atoms. The van der Waals surface area contributed by atoms with E-state index in [0.717, 1.165) is 0 Å². The second kappa shape index (κ2) is 7.65. The zero-order valence-corrected chi connectivity index (χ0v) is 11.0. The van der Waals surface area contributed by atoms with Gasteiger partial charge in [0, 0.05) is 6.42 Å². The first-order valence-corrected chi connectivity index (χ1v) is 5.93. The van der Waals surface area contributed by atoms with E-state index in [1.807, 2.05) is 0 Å². The molecule has 0 saturated carbocycles. The lowest BCUT2D eigenvalue weighted by atomic mass is 10.2. The van der Waals surface area contributed by atoms with Gasteiger partial charge < -0.3 is 14.6 Å². The highest BCUT2D eigenvalue weighted by atomic mass is 19.4. The third kappa shape index (κ3) is 5.85. The normalized spacial score (nSPS) is 10.7. The van der Waals surface area contributed by atoms with Gasteiger partial charge in [-0.05, 0) is 24.6 Å². The number of benzene rings is 1. The molecule has 0 saturated heterocycles. The van der Waals surface area contributed by atoms with Crippen molar-refractivity contribution in [3.63, 3.8) is 0 Å². The van der Waals surface area contributed by atoms with Crippen LogP contribution in [0, 0.1) is 11.8 Å². The van der Waals surface area contributed by atoms with E-state index < -0.39 is 12.6 Å². The zero-order chi connectivity index (χ0) is 15.0. The molecule has 0 aliphatic rings. The molecule has 20 heavy (non-hydrogen) atoms. The summed E-state index contributed by atoms with van der Waals surface area (Å²) in [6, 6.07) is 4.80. The molecule has 0 aromatic heterocycles. The maximum atomic E-state index is 12.0. The van der Waals surface area contributed by atoms with E-state index in [4.69, 9.17) is 14.6 Å². The summed E-state index contributed by atoms with van der Waals surface area (Å²) in [5, 5.41) is 8.68. The van der Waals surface area contributed by atoms with Crippen molar-refractivity contribution in [1.82, 2.24) is 0 Å². The molecule has 1 rings (SSSR count). The molecule has 0 spiro atoms. The van der Waals surface area contributed by atoms with Crippen LogP contribution in [0.2, 0.25) is 0 Å². The summed E-state index contributed by atoms with van der Waals surface area (Å²) in [5.41, 5.74) is 0.463. The number of ether oxygens (including phenoxy) is 2. The molecule has 1 aromatic carbocycles. The predicted molar refractivity (Wildman–Crippen MR) is 67.7 cm³/mol. The van der Waals surface area contributed by atoms with Crippen molar-refractivity contribution < 1.29 is 27.8 Å². The molecular formula is C14H15F3O3. The summed E-state index contributed by atoms with van der Waals surface area (Å²) < 4.78 is 46.3. The Morgan fingerprint density at radius 3 is 2.65 bits per heavy atom. The highest BCUT2D eigenvalue weighted by Gasteiger charge is 2.26. The summed E-state index contributed by atoms with van der Waals surface area (Å²) in [6.07, 6.45) is -5.19. The van der Waals surface area contributed by atoms with Gasteiger partial charge in [0.05, 0.1) is 19.3 Å². The van der Waals surface area contributed by atoms with E-state index in [9.17, 15) is 13.2 Å². The molecule has 0 radical (unpaired) electrons. The molecule has 0 atom stereocenters. The van der Waals surface area contributed by atoms with Crippen LogP contribution in [0.1, 0.15) is 18.4 Å². The summed E-state index contributed by atoms with van der Waals surface area (Å²) in [7, 11) is 1.49. The van der Waals surface area contributed by atoms with Gasteiger partial charge in [0.1, 0.15) is 18.1 Å². The standard InChI is InChI=1S/C14H15F3O3/c1-19-12-5-6-13(11(10-12)4-2-8-18)20-9-3-7-14(15,16)17/h5-6,10,18H,3,7-9H2,1H3. The van der Waals surface area contributed by atoms with Crippen LogP contribution in [0.15, 0.2) is 18.2 Å². The van der Waals surface area contributed by atoms with Crippen molar-refractivity contribution in [2.24, 2.45) is 0 Å². The van der Waals surface area contributed by atoms with Crippen molar-refractivity contribution in [1.29, 1.82) is 0 Å². The van der Waals surface area contributed by atoms with E-state index in [1.165, 1.54) is 7.11 Å². The summed E-state index contributed by atoms with van der Waals surface area (Å²) in [5.74, 6) is 6.05. The second-order valence-corrected chi connectivity index (χ2v) is 3.89. The van der Waals surface area contributed by atoms with Crippen molar-refractivity contribution in [3.05, 3.63) is 23.8 Å². The molecule has 1 aromatic rings. The third-order valence-corrected chi connectivity index (χ3v) is 2.35. The SMILES string of the molecule is COc1ccc(OCCCC(F)(F)F)c(C#CCO)c1. The minimum absolute atomic E-state index is 0.0559. The van der Waals surface area contributed by atoms with E-state index in [0.29, 0.717) is 17.1 Å². The highest BCUT2D eigenvalue weighted by molar-refractivity contribution is 5.50. The largest absolute Gasteiger partial charge is 0.497 e. The van der Waals surface area contributed by atoms with Gasteiger partial charge in [-0.3, -0.25) is 0 Å². The van der Waals surface area contributed by atoms with Crippen LogP contribution >= 0.6 is 0 Å². The fourth-order valence-corrected chi connectivity index (χ4v) is 1.45. The molecule has 6 heteroatoms. The van der Waals surface area contributed by atoms with Crippen LogP contribution in [0.4, 0.5) is 13.2 Å². The number of hydrogen-bond donors (Lipinski definition) is 1. The molecular weight excluding hydrogens is 273 g/mol. The van der Waals surface area contributed by atoms with Crippen LogP contribution < -0.4 is 9.47 Å². The van der Waals surface area contributed by atoms with Crippen LogP contribution in [-0.4, -0.2) is 31.6 Å². The molecule has 0 unspecified atom stereocenters. The summed E-state index contributed by atoms with van der Waals surface area (Å²) in [4.78, 5) is 0. The molecule has 0 aliphatic carbocycles. The Balaban J connectivity index is 2.68. The number of halogens is 3. The lowest BCUT2D eigenvalue weighted by Gasteiger charge is -2.10. The third-order valence-electron chi connectivity index (χ3n) is 2.35. The van der Waals surface area contributed by atoms with E-state index in [2.05, 4.69) is 11.8 Å². The Morgan fingerprint density at radius 1 is 1.30 bits per heavy atom. The summed E-state index contributed by atoms with van der Waals surface area (Å²) in [6.45, 7) is -0.371. The van der Waals surface area contributed by atoms with Crippen molar-refractivity contribution in [3.8, 4) is 23.3 Å². The average molecular weight is 288 g/mol. The molecule has 1 N–H and O–H groups in total. The van der Waals surface area contributed by atoms with Crippen molar-refractivity contribution in [2.75, 3.05) is 20.3 Å². The second-order valence-electron chi connectivity index (χ2n) is 3.89. The fourth-order valence-electron chi connectivity index (χ4n) is 1.45. The highest BCUT2D eigenvalue weighted by Crippen LogP contribution is 2.25. The molecule has 0 heterocycles.